The highest BCUT2D eigenvalue weighted by Crippen LogP contribution is 2.28. The number of nitrogens with zero attached hydrogens (tertiary/aromatic N) is 1. The molecule has 0 unspecified atom stereocenters. The maximum absolute atomic E-state index is 12.6. The predicted octanol–water partition coefficient (Wildman–Crippen LogP) is 3.44. The van der Waals surface area contributed by atoms with Gasteiger partial charge in [0.15, 0.2) is 0 Å². The van der Waals surface area contributed by atoms with Gasteiger partial charge in [-0.25, -0.2) is 14.6 Å². The standard InChI is InChI=1S/C18H13NO4S/c20-17(23-15-7-8-22-18(15)21)12-10-14(16-6-3-9-24-16)19-13-5-2-1-4-11(12)13/h1-6,9-10,15H,7-8H2/t15-/m1/s1. The first kappa shape index (κ1) is 14.8. The molecule has 1 atom stereocenters. The molecule has 3 heterocycles. The number of ether oxygens (including phenoxy) is 2. The molecule has 1 fully saturated rings. The van der Waals surface area contributed by atoms with Gasteiger partial charge < -0.3 is 9.47 Å². The minimum atomic E-state index is -0.824. The van der Waals surface area contributed by atoms with Gasteiger partial charge in [-0.1, -0.05) is 24.3 Å². The Hall–Kier alpha value is -2.73. The second kappa shape index (κ2) is 6.05. The van der Waals surface area contributed by atoms with Crippen molar-refractivity contribution in [2.75, 3.05) is 6.61 Å². The monoisotopic (exact) mass is 339 g/mol. The molecule has 0 saturated carbocycles. The van der Waals surface area contributed by atoms with E-state index in [-0.39, 0.29) is 6.61 Å². The van der Waals surface area contributed by atoms with Crippen LogP contribution in [0.25, 0.3) is 21.5 Å². The van der Waals surface area contributed by atoms with Crippen molar-refractivity contribution < 1.29 is 19.1 Å². The molecule has 0 N–H and O–H groups in total. The van der Waals surface area contributed by atoms with Crippen LogP contribution in [0.5, 0.6) is 0 Å². The van der Waals surface area contributed by atoms with Crippen molar-refractivity contribution in [3.8, 4) is 10.6 Å². The number of aromatic nitrogens is 1. The zero-order valence-electron chi connectivity index (χ0n) is 12.6. The Kier molecular flexibility index (Phi) is 3.74. The van der Waals surface area contributed by atoms with Crippen LogP contribution >= 0.6 is 11.3 Å². The van der Waals surface area contributed by atoms with Gasteiger partial charge in [0, 0.05) is 11.8 Å². The third-order valence-corrected chi connectivity index (χ3v) is 4.74. The third-order valence-electron chi connectivity index (χ3n) is 3.85. The van der Waals surface area contributed by atoms with Crippen LogP contribution in [0.2, 0.25) is 0 Å². The molecular formula is C18H13NO4S. The van der Waals surface area contributed by atoms with E-state index in [1.54, 1.807) is 17.4 Å². The van der Waals surface area contributed by atoms with Gasteiger partial charge in [-0.3, -0.25) is 0 Å². The summed E-state index contributed by atoms with van der Waals surface area (Å²) in [4.78, 5) is 29.8. The fourth-order valence-electron chi connectivity index (χ4n) is 2.67. The van der Waals surface area contributed by atoms with Crippen molar-refractivity contribution in [1.29, 1.82) is 0 Å². The molecule has 0 amide bonds. The molecule has 0 radical (unpaired) electrons. The quantitative estimate of drug-likeness (QED) is 0.684. The minimum absolute atomic E-state index is 0.286. The van der Waals surface area contributed by atoms with Crippen molar-refractivity contribution >= 4 is 34.2 Å². The number of hydrogen-bond donors (Lipinski definition) is 0. The molecule has 1 aliphatic heterocycles. The number of hydrogen-bond acceptors (Lipinski definition) is 6. The molecule has 0 bridgehead atoms. The van der Waals surface area contributed by atoms with Crippen LogP contribution in [-0.4, -0.2) is 29.6 Å². The van der Waals surface area contributed by atoms with Gasteiger partial charge in [-0.2, -0.15) is 0 Å². The van der Waals surface area contributed by atoms with Crippen molar-refractivity contribution in [3.05, 3.63) is 53.4 Å². The highest BCUT2D eigenvalue weighted by molar-refractivity contribution is 7.13. The molecular weight excluding hydrogens is 326 g/mol. The fraction of sp³-hybridized carbons (Fsp3) is 0.167. The summed E-state index contributed by atoms with van der Waals surface area (Å²) in [5.41, 5.74) is 1.83. The second-order valence-corrected chi connectivity index (χ2v) is 6.35. The fourth-order valence-corrected chi connectivity index (χ4v) is 3.36. The van der Waals surface area contributed by atoms with E-state index >= 15 is 0 Å². The number of thiophene rings is 1. The molecule has 3 aromatic rings. The molecule has 24 heavy (non-hydrogen) atoms. The first-order chi connectivity index (χ1) is 11.7. The van der Waals surface area contributed by atoms with E-state index in [4.69, 9.17) is 9.47 Å². The highest BCUT2D eigenvalue weighted by Gasteiger charge is 2.31. The summed E-state index contributed by atoms with van der Waals surface area (Å²) in [5, 5.41) is 2.66. The van der Waals surface area contributed by atoms with E-state index < -0.39 is 18.0 Å². The van der Waals surface area contributed by atoms with Gasteiger partial charge in [0.1, 0.15) is 0 Å². The summed E-state index contributed by atoms with van der Waals surface area (Å²) in [6, 6.07) is 13.0. The Balaban J connectivity index is 1.78. The van der Waals surface area contributed by atoms with Crippen LogP contribution in [0.1, 0.15) is 16.8 Å². The smallest absolute Gasteiger partial charge is 0.347 e. The molecule has 1 saturated heterocycles. The van der Waals surface area contributed by atoms with Crippen LogP contribution in [0.3, 0.4) is 0 Å². The lowest BCUT2D eigenvalue weighted by molar-refractivity contribution is -0.145. The normalized spacial score (nSPS) is 17.0. The number of rotatable bonds is 3. The zero-order valence-corrected chi connectivity index (χ0v) is 13.4. The third kappa shape index (κ3) is 2.65. The first-order valence-corrected chi connectivity index (χ1v) is 8.41. The zero-order chi connectivity index (χ0) is 16.5. The largest absolute Gasteiger partial charge is 0.463 e. The molecule has 6 heteroatoms. The number of benzene rings is 1. The van der Waals surface area contributed by atoms with Gasteiger partial charge in [0.05, 0.1) is 28.3 Å². The first-order valence-electron chi connectivity index (χ1n) is 7.53. The number of fused-ring (bicyclic) bond motifs is 1. The molecule has 2 aromatic heterocycles. The molecule has 0 aliphatic carbocycles. The van der Waals surface area contributed by atoms with Gasteiger partial charge >= 0.3 is 11.9 Å². The number of para-hydroxylation sites is 1. The lowest BCUT2D eigenvalue weighted by Gasteiger charge is -2.11. The van der Waals surface area contributed by atoms with Crippen LogP contribution in [-0.2, 0) is 14.3 Å². The summed E-state index contributed by atoms with van der Waals surface area (Å²) in [6.07, 6.45) is -0.430. The highest BCUT2D eigenvalue weighted by atomic mass is 32.1. The van der Waals surface area contributed by atoms with E-state index in [1.807, 2.05) is 41.8 Å². The summed E-state index contributed by atoms with van der Waals surface area (Å²) < 4.78 is 10.2. The molecule has 1 aliphatic rings. The number of carbonyl (C=O) groups excluding carboxylic acids is 2. The molecule has 0 spiro atoms. The average molecular weight is 339 g/mol. The topological polar surface area (TPSA) is 65.5 Å². The molecule has 4 rings (SSSR count). The Bertz CT molecular complexity index is 920. The van der Waals surface area contributed by atoms with E-state index in [1.165, 1.54) is 0 Å². The summed E-state index contributed by atoms with van der Waals surface area (Å²) >= 11 is 1.55. The van der Waals surface area contributed by atoms with Crippen molar-refractivity contribution in [2.45, 2.75) is 12.5 Å². The number of esters is 2. The van der Waals surface area contributed by atoms with Gasteiger partial charge in [0.2, 0.25) is 6.10 Å². The van der Waals surface area contributed by atoms with E-state index in [0.717, 1.165) is 4.88 Å². The van der Waals surface area contributed by atoms with E-state index in [2.05, 4.69) is 4.98 Å². The van der Waals surface area contributed by atoms with Crippen LogP contribution in [0.4, 0.5) is 0 Å². The Morgan fingerprint density at radius 3 is 2.88 bits per heavy atom. The number of pyridine rings is 1. The van der Waals surface area contributed by atoms with Crippen molar-refractivity contribution in [2.24, 2.45) is 0 Å². The summed E-state index contributed by atoms with van der Waals surface area (Å²) in [5.74, 6) is -1.02. The lowest BCUT2D eigenvalue weighted by atomic mass is 10.1. The minimum Gasteiger partial charge on any atom is -0.463 e. The van der Waals surface area contributed by atoms with Crippen LogP contribution < -0.4 is 0 Å². The SMILES string of the molecule is O=C(O[C@@H]1CCOC1=O)c1cc(-c2cccs2)nc2ccccc12. The Labute approximate surface area is 141 Å². The second-order valence-electron chi connectivity index (χ2n) is 5.40. The van der Waals surface area contributed by atoms with Gasteiger partial charge in [-0.15, -0.1) is 11.3 Å². The lowest BCUT2D eigenvalue weighted by Crippen LogP contribution is -2.22. The number of carbonyl (C=O) groups is 2. The molecule has 5 nitrogen and oxygen atoms in total. The maximum atomic E-state index is 12.6. The average Bonchev–Trinajstić information content (AvgIpc) is 3.26. The maximum Gasteiger partial charge on any atom is 0.347 e. The Morgan fingerprint density at radius 2 is 2.12 bits per heavy atom. The Morgan fingerprint density at radius 1 is 1.25 bits per heavy atom. The number of cyclic esters (lactones) is 1. The van der Waals surface area contributed by atoms with Gasteiger partial charge in [-0.05, 0) is 23.6 Å². The van der Waals surface area contributed by atoms with E-state index in [9.17, 15) is 9.59 Å². The van der Waals surface area contributed by atoms with E-state index in [0.29, 0.717) is 28.6 Å². The molecule has 1 aromatic carbocycles. The van der Waals surface area contributed by atoms with Gasteiger partial charge in [0.25, 0.3) is 0 Å². The predicted molar refractivity (Wildman–Crippen MR) is 89.8 cm³/mol. The summed E-state index contributed by atoms with van der Waals surface area (Å²) in [7, 11) is 0. The van der Waals surface area contributed by atoms with Crippen LogP contribution in [0.15, 0.2) is 47.8 Å². The van der Waals surface area contributed by atoms with Crippen molar-refractivity contribution in [3.63, 3.8) is 0 Å². The molecule has 120 valence electrons. The van der Waals surface area contributed by atoms with Crippen molar-refractivity contribution in [1.82, 2.24) is 4.98 Å². The summed E-state index contributed by atoms with van der Waals surface area (Å²) in [6.45, 7) is 0.286. The van der Waals surface area contributed by atoms with Crippen LogP contribution in [0, 0.1) is 0 Å².